The highest BCUT2D eigenvalue weighted by atomic mass is 35.5. The van der Waals surface area contributed by atoms with E-state index < -0.39 is 5.82 Å². The summed E-state index contributed by atoms with van der Waals surface area (Å²) in [6.07, 6.45) is 1.66. The molecule has 0 unspecified atom stereocenters. The van der Waals surface area contributed by atoms with Crippen LogP contribution < -0.4 is 9.64 Å². The van der Waals surface area contributed by atoms with Crippen molar-refractivity contribution in [2.75, 3.05) is 11.5 Å². The van der Waals surface area contributed by atoms with Gasteiger partial charge in [-0.1, -0.05) is 35.9 Å². The average Bonchev–Trinajstić information content (AvgIpc) is 3.07. The van der Waals surface area contributed by atoms with Crippen molar-refractivity contribution in [2.45, 2.75) is 6.92 Å². The van der Waals surface area contributed by atoms with Crippen LogP contribution in [0.25, 0.3) is 6.08 Å². The minimum atomic E-state index is -0.451. The Bertz CT molecular complexity index is 1140. The quantitative estimate of drug-likeness (QED) is 0.496. The lowest BCUT2D eigenvalue weighted by atomic mass is 10.1. The lowest BCUT2D eigenvalue weighted by Crippen LogP contribution is -2.33. The standard InChI is InChI=1S/C24H18ClFN2O2/c1-2-30-19-13-11-18(12-14-19)28-23(20-5-3-4-6-21(20)26)27-22(24(28)29)15-16-7-9-17(25)10-8-16/h3-15H,2H2,1H3/b22-15+. The van der Waals surface area contributed by atoms with Crippen LogP contribution in [0, 0.1) is 5.82 Å². The summed E-state index contributed by atoms with van der Waals surface area (Å²) in [4.78, 5) is 19.1. The van der Waals surface area contributed by atoms with Crippen molar-refractivity contribution in [1.82, 2.24) is 0 Å². The van der Waals surface area contributed by atoms with Crippen LogP contribution >= 0.6 is 11.6 Å². The number of anilines is 1. The number of hydrogen-bond acceptors (Lipinski definition) is 3. The Morgan fingerprint density at radius 3 is 2.40 bits per heavy atom. The van der Waals surface area contributed by atoms with Gasteiger partial charge in [0.15, 0.2) is 5.84 Å². The fraction of sp³-hybridized carbons (Fsp3) is 0.0833. The normalized spacial score (nSPS) is 14.9. The van der Waals surface area contributed by atoms with Gasteiger partial charge in [0, 0.05) is 5.02 Å². The second-order valence-electron chi connectivity index (χ2n) is 6.56. The molecule has 0 fully saturated rings. The third kappa shape index (κ3) is 3.98. The van der Waals surface area contributed by atoms with E-state index in [1.807, 2.05) is 6.92 Å². The van der Waals surface area contributed by atoms with Gasteiger partial charge >= 0.3 is 0 Å². The van der Waals surface area contributed by atoms with Crippen molar-refractivity contribution >= 4 is 35.1 Å². The number of amides is 1. The van der Waals surface area contributed by atoms with Gasteiger partial charge in [0.2, 0.25) is 0 Å². The molecule has 30 heavy (non-hydrogen) atoms. The van der Waals surface area contributed by atoms with Gasteiger partial charge in [0.1, 0.15) is 17.3 Å². The molecule has 0 aromatic heterocycles. The average molecular weight is 421 g/mol. The predicted octanol–water partition coefficient (Wildman–Crippen LogP) is 5.71. The molecule has 3 aromatic carbocycles. The van der Waals surface area contributed by atoms with E-state index in [4.69, 9.17) is 16.3 Å². The van der Waals surface area contributed by atoms with E-state index in [1.54, 1.807) is 72.8 Å². The van der Waals surface area contributed by atoms with Gasteiger partial charge in [-0.25, -0.2) is 9.38 Å². The second kappa shape index (κ2) is 8.51. The monoisotopic (exact) mass is 420 g/mol. The Morgan fingerprint density at radius 1 is 1.03 bits per heavy atom. The van der Waals surface area contributed by atoms with Crippen molar-refractivity contribution < 1.29 is 13.9 Å². The minimum Gasteiger partial charge on any atom is -0.494 e. The molecule has 0 radical (unpaired) electrons. The zero-order valence-electron chi connectivity index (χ0n) is 16.2. The maximum atomic E-state index is 14.5. The van der Waals surface area contributed by atoms with E-state index in [0.29, 0.717) is 23.1 Å². The Balaban J connectivity index is 1.79. The van der Waals surface area contributed by atoms with E-state index in [9.17, 15) is 9.18 Å². The van der Waals surface area contributed by atoms with Crippen molar-refractivity contribution in [2.24, 2.45) is 4.99 Å². The number of aliphatic imine (C=N–C) groups is 1. The lowest BCUT2D eigenvalue weighted by molar-refractivity contribution is -0.113. The zero-order chi connectivity index (χ0) is 21.1. The summed E-state index contributed by atoms with van der Waals surface area (Å²) in [5.41, 5.74) is 1.81. The van der Waals surface area contributed by atoms with Crippen LogP contribution in [0.5, 0.6) is 5.75 Å². The summed E-state index contributed by atoms with van der Waals surface area (Å²) in [6.45, 7) is 2.44. The van der Waals surface area contributed by atoms with Gasteiger partial charge in [-0.3, -0.25) is 9.69 Å². The topological polar surface area (TPSA) is 41.9 Å². The third-order valence-electron chi connectivity index (χ3n) is 4.55. The smallest absolute Gasteiger partial charge is 0.282 e. The van der Waals surface area contributed by atoms with Gasteiger partial charge in [-0.15, -0.1) is 0 Å². The molecule has 0 aliphatic carbocycles. The summed E-state index contributed by atoms with van der Waals surface area (Å²) in [6, 6.07) is 20.4. The predicted molar refractivity (Wildman–Crippen MR) is 117 cm³/mol. The molecule has 1 aliphatic rings. The Hall–Kier alpha value is -3.44. The highest BCUT2D eigenvalue weighted by molar-refractivity contribution is 6.33. The highest BCUT2D eigenvalue weighted by Gasteiger charge is 2.33. The van der Waals surface area contributed by atoms with Crippen LogP contribution in [-0.2, 0) is 4.79 Å². The van der Waals surface area contributed by atoms with E-state index in [1.165, 1.54) is 11.0 Å². The minimum absolute atomic E-state index is 0.212. The molecular weight excluding hydrogens is 403 g/mol. The van der Waals surface area contributed by atoms with E-state index in [0.717, 1.165) is 5.56 Å². The molecule has 4 nitrogen and oxygen atoms in total. The summed E-state index contributed by atoms with van der Waals surface area (Å²) in [7, 11) is 0. The SMILES string of the molecule is CCOc1ccc(N2C(=O)/C(=C\c3ccc(Cl)cc3)N=C2c2ccccc2F)cc1. The van der Waals surface area contributed by atoms with Crippen molar-refractivity contribution in [3.05, 3.63) is 100 Å². The number of amidine groups is 1. The molecule has 4 rings (SSSR count). The molecular formula is C24H18ClFN2O2. The number of benzene rings is 3. The molecule has 0 N–H and O–H groups in total. The van der Waals surface area contributed by atoms with Crippen LogP contribution in [-0.4, -0.2) is 18.3 Å². The molecule has 0 spiro atoms. The number of rotatable bonds is 5. The second-order valence-corrected chi connectivity index (χ2v) is 7.00. The molecule has 0 saturated heterocycles. The summed E-state index contributed by atoms with van der Waals surface area (Å²) >= 11 is 5.94. The first-order valence-corrected chi connectivity index (χ1v) is 9.83. The van der Waals surface area contributed by atoms with Crippen molar-refractivity contribution in [1.29, 1.82) is 0 Å². The molecule has 6 heteroatoms. The first-order chi connectivity index (χ1) is 14.6. The van der Waals surface area contributed by atoms with Crippen molar-refractivity contribution in [3.8, 4) is 5.75 Å². The fourth-order valence-corrected chi connectivity index (χ4v) is 3.28. The number of nitrogens with zero attached hydrogens (tertiary/aromatic N) is 2. The van der Waals surface area contributed by atoms with E-state index >= 15 is 0 Å². The first kappa shape index (κ1) is 19.9. The van der Waals surface area contributed by atoms with E-state index in [2.05, 4.69) is 4.99 Å². The number of carbonyl (C=O) groups is 1. The van der Waals surface area contributed by atoms with Gasteiger partial charge in [0.05, 0.1) is 17.9 Å². The Labute approximate surface area is 178 Å². The van der Waals surface area contributed by atoms with Crippen LogP contribution in [0.4, 0.5) is 10.1 Å². The molecule has 1 amide bonds. The Morgan fingerprint density at radius 2 is 1.73 bits per heavy atom. The Kier molecular flexibility index (Phi) is 5.63. The molecule has 0 bridgehead atoms. The summed E-state index contributed by atoms with van der Waals surface area (Å²) in [5.74, 6) is 0.136. The molecule has 3 aromatic rings. The molecule has 1 aliphatic heterocycles. The summed E-state index contributed by atoms with van der Waals surface area (Å²) < 4.78 is 20.0. The highest BCUT2D eigenvalue weighted by Crippen LogP contribution is 2.30. The van der Waals surface area contributed by atoms with E-state index in [-0.39, 0.29) is 23.0 Å². The zero-order valence-corrected chi connectivity index (χ0v) is 16.9. The number of carbonyl (C=O) groups excluding carboxylic acids is 1. The van der Waals surface area contributed by atoms with Crippen LogP contribution in [0.1, 0.15) is 18.1 Å². The number of hydrogen-bond donors (Lipinski definition) is 0. The van der Waals surface area contributed by atoms with Gasteiger partial charge < -0.3 is 4.74 Å². The van der Waals surface area contributed by atoms with Crippen LogP contribution in [0.3, 0.4) is 0 Å². The molecule has 0 saturated carbocycles. The largest absolute Gasteiger partial charge is 0.494 e. The molecule has 150 valence electrons. The fourth-order valence-electron chi connectivity index (χ4n) is 3.15. The van der Waals surface area contributed by atoms with Crippen molar-refractivity contribution in [3.63, 3.8) is 0 Å². The molecule has 0 atom stereocenters. The maximum Gasteiger partial charge on any atom is 0.282 e. The van der Waals surface area contributed by atoms with Crippen LogP contribution in [0.2, 0.25) is 5.02 Å². The first-order valence-electron chi connectivity index (χ1n) is 9.45. The number of halogens is 2. The molecule has 1 heterocycles. The van der Waals surface area contributed by atoms with Gasteiger partial charge in [0.25, 0.3) is 5.91 Å². The maximum absolute atomic E-state index is 14.5. The lowest BCUT2D eigenvalue weighted by Gasteiger charge is -2.19. The van der Waals surface area contributed by atoms with Crippen LogP contribution in [0.15, 0.2) is 83.5 Å². The van der Waals surface area contributed by atoms with Gasteiger partial charge in [-0.05, 0) is 67.1 Å². The third-order valence-corrected chi connectivity index (χ3v) is 4.81. The van der Waals surface area contributed by atoms with Gasteiger partial charge in [-0.2, -0.15) is 0 Å². The summed E-state index contributed by atoms with van der Waals surface area (Å²) in [5, 5.41) is 0.599. The number of ether oxygens (including phenoxy) is 1.